The summed E-state index contributed by atoms with van der Waals surface area (Å²) < 4.78 is 0. The van der Waals surface area contributed by atoms with Gasteiger partial charge in [0.2, 0.25) is 0 Å². The number of phenols is 1. The van der Waals surface area contributed by atoms with E-state index in [4.69, 9.17) is 4.99 Å². The van der Waals surface area contributed by atoms with Crippen LogP contribution in [0.5, 0.6) is 5.75 Å². The number of aliphatic imine (C=N–C) groups is 1. The van der Waals surface area contributed by atoms with Gasteiger partial charge in [-0.3, -0.25) is 4.99 Å². The van der Waals surface area contributed by atoms with E-state index in [1.165, 1.54) is 31.2 Å². The molecule has 0 spiro atoms. The van der Waals surface area contributed by atoms with Crippen LogP contribution in [0.25, 0.3) is 0 Å². The molecule has 3 rings (SSSR count). The van der Waals surface area contributed by atoms with E-state index >= 15 is 0 Å². The lowest BCUT2D eigenvalue weighted by Gasteiger charge is -2.25. The quantitative estimate of drug-likeness (QED) is 0.780. The van der Waals surface area contributed by atoms with Crippen LogP contribution in [0.1, 0.15) is 69.6 Å². The Balaban J connectivity index is 1.87. The highest BCUT2D eigenvalue weighted by Crippen LogP contribution is 2.46. The minimum atomic E-state index is -0.00881. The molecule has 0 radical (unpaired) electrons. The van der Waals surface area contributed by atoms with Gasteiger partial charge in [0, 0.05) is 17.3 Å². The van der Waals surface area contributed by atoms with Crippen LogP contribution in [0.2, 0.25) is 0 Å². The van der Waals surface area contributed by atoms with Crippen molar-refractivity contribution in [2.75, 3.05) is 0 Å². The molecule has 1 aromatic carbocycles. The standard InChI is InChI=1S/C20H29NO/c1-5-20(3,4)17-9-13(2)8-16(19(17)22)12-21-18-11-14-6-7-15(18)10-14/h8-9,12,14-15,18,22H,5-7,10-11H2,1-4H3. The summed E-state index contributed by atoms with van der Waals surface area (Å²) in [5.41, 5.74) is 3.12. The SMILES string of the molecule is CCC(C)(C)c1cc(C)cc(C=NC2CC3CCC2C3)c1O. The smallest absolute Gasteiger partial charge is 0.128 e. The van der Waals surface area contributed by atoms with Crippen molar-refractivity contribution in [2.24, 2.45) is 16.8 Å². The zero-order chi connectivity index (χ0) is 15.9. The molecule has 2 bridgehead atoms. The van der Waals surface area contributed by atoms with E-state index in [1.54, 1.807) is 0 Å². The molecule has 2 saturated carbocycles. The van der Waals surface area contributed by atoms with Gasteiger partial charge >= 0.3 is 0 Å². The van der Waals surface area contributed by atoms with E-state index < -0.39 is 0 Å². The second-order valence-electron chi connectivity index (χ2n) is 8.01. The van der Waals surface area contributed by atoms with Gasteiger partial charge in [0.15, 0.2) is 0 Å². The maximum Gasteiger partial charge on any atom is 0.128 e. The normalized spacial score (nSPS) is 27.9. The van der Waals surface area contributed by atoms with Crippen molar-refractivity contribution < 1.29 is 5.11 Å². The predicted molar refractivity (Wildman–Crippen MR) is 93.0 cm³/mol. The fourth-order valence-corrected chi connectivity index (χ4v) is 4.18. The van der Waals surface area contributed by atoms with Crippen molar-refractivity contribution in [3.8, 4) is 5.75 Å². The lowest BCUT2D eigenvalue weighted by atomic mass is 9.80. The third-order valence-electron chi connectivity index (χ3n) is 6.00. The zero-order valence-corrected chi connectivity index (χ0v) is 14.4. The van der Waals surface area contributed by atoms with Gasteiger partial charge in [0.1, 0.15) is 5.75 Å². The minimum absolute atomic E-state index is 0.00881. The lowest BCUT2D eigenvalue weighted by Crippen LogP contribution is -2.17. The number of nitrogens with zero attached hydrogens (tertiary/aromatic N) is 1. The van der Waals surface area contributed by atoms with Crippen LogP contribution in [0.4, 0.5) is 0 Å². The summed E-state index contributed by atoms with van der Waals surface area (Å²) in [7, 11) is 0. The van der Waals surface area contributed by atoms with Crippen LogP contribution >= 0.6 is 0 Å². The van der Waals surface area contributed by atoms with E-state index in [1.807, 2.05) is 6.21 Å². The van der Waals surface area contributed by atoms with Gasteiger partial charge in [-0.25, -0.2) is 0 Å². The third kappa shape index (κ3) is 2.80. The van der Waals surface area contributed by atoms with Gasteiger partial charge in [-0.05, 0) is 61.5 Å². The van der Waals surface area contributed by atoms with Gasteiger partial charge in [-0.15, -0.1) is 0 Å². The Morgan fingerprint density at radius 3 is 2.64 bits per heavy atom. The molecule has 1 N–H and O–H groups in total. The van der Waals surface area contributed by atoms with Crippen molar-refractivity contribution >= 4 is 6.21 Å². The number of hydrogen-bond acceptors (Lipinski definition) is 2. The van der Waals surface area contributed by atoms with Crippen molar-refractivity contribution in [1.29, 1.82) is 0 Å². The Labute approximate surface area is 134 Å². The molecule has 1 aromatic rings. The van der Waals surface area contributed by atoms with E-state index in [0.29, 0.717) is 11.8 Å². The van der Waals surface area contributed by atoms with Crippen molar-refractivity contribution in [1.82, 2.24) is 0 Å². The molecule has 120 valence electrons. The zero-order valence-electron chi connectivity index (χ0n) is 14.4. The fraction of sp³-hybridized carbons (Fsp3) is 0.650. The largest absolute Gasteiger partial charge is 0.507 e. The number of phenolic OH excluding ortho intramolecular Hbond substituents is 1. The Bertz CT molecular complexity index is 588. The Morgan fingerprint density at radius 1 is 1.27 bits per heavy atom. The number of fused-ring (bicyclic) bond motifs is 2. The highest BCUT2D eigenvalue weighted by atomic mass is 16.3. The fourth-order valence-electron chi connectivity index (χ4n) is 4.18. The Kier molecular flexibility index (Phi) is 4.05. The third-order valence-corrected chi connectivity index (χ3v) is 6.00. The Hall–Kier alpha value is -1.31. The Morgan fingerprint density at radius 2 is 2.05 bits per heavy atom. The molecule has 0 heterocycles. The van der Waals surface area contributed by atoms with Gasteiger partial charge < -0.3 is 5.11 Å². The summed E-state index contributed by atoms with van der Waals surface area (Å²) in [6.45, 7) is 8.66. The average Bonchev–Trinajstić information content (AvgIpc) is 3.10. The predicted octanol–water partition coefficient (Wildman–Crippen LogP) is 5.00. The molecule has 22 heavy (non-hydrogen) atoms. The first-order valence-corrected chi connectivity index (χ1v) is 8.78. The number of benzene rings is 1. The van der Waals surface area contributed by atoms with E-state index in [0.717, 1.165) is 29.4 Å². The summed E-state index contributed by atoms with van der Waals surface area (Å²) in [5.74, 6) is 2.12. The van der Waals surface area contributed by atoms with Gasteiger partial charge in [-0.1, -0.05) is 33.3 Å². The first-order chi connectivity index (χ1) is 10.4. The molecule has 0 aromatic heterocycles. The molecule has 2 nitrogen and oxygen atoms in total. The first kappa shape index (κ1) is 15.6. The highest BCUT2D eigenvalue weighted by molar-refractivity contribution is 5.85. The lowest BCUT2D eigenvalue weighted by molar-refractivity contribution is 0.420. The van der Waals surface area contributed by atoms with E-state index in [2.05, 4.69) is 39.8 Å². The number of aromatic hydroxyl groups is 1. The minimum Gasteiger partial charge on any atom is -0.507 e. The molecule has 0 saturated heterocycles. The topological polar surface area (TPSA) is 32.6 Å². The summed E-state index contributed by atoms with van der Waals surface area (Å²) in [4.78, 5) is 4.84. The molecule has 2 heteroatoms. The number of hydrogen-bond donors (Lipinski definition) is 1. The van der Waals surface area contributed by atoms with Gasteiger partial charge in [0.25, 0.3) is 0 Å². The second kappa shape index (κ2) is 5.72. The summed E-state index contributed by atoms with van der Waals surface area (Å²) >= 11 is 0. The van der Waals surface area contributed by atoms with Crippen LogP contribution in [-0.4, -0.2) is 17.4 Å². The van der Waals surface area contributed by atoms with Crippen LogP contribution in [-0.2, 0) is 5.41 Å². The summed E-state index contributed by atoms with van der Waals surface area (Å²) in [6.07, 6.45) is 8.31. The van der Waals surface area contributed by atoms with Crippen LogP contribution in [0.15, 0.2) is 17.1 Å². The monoisotopic (exact) mass is 299 g/mol. The molecule has 2 aliphatic carbocycles. The van der Waals surface area contributed by atoms with Gasteiger partial charge in [-0.2, -0.15) is 0 Å². The van der Waals surface area contributed by atoms with Crippen molar-refractivity contribution in [3.05, 3.63) is 28.8 Å². The number of rotatable bonds is 4. The van der Waals surface area contributed by atoms with Crippen LogP contribution < -0.4 is 0 Å². The maximum atomic E-state index is 10.7. The molecular formula is C20H29NO. The average molecular weight is 299 g/mol. The molecular weight excluding hydrogens is 270 g/mol. The van der Waals surface area contributed by atoms with Crippen LogP contribution in [0.3, 0.4) is 0 Å². The van der Waals surface area contributed by atoms with Crippen LogP contribution in [0, 0.1) is 18.8 Å². The molecule has 3 unspecified atom stereocenters. The molecule has 0 amide bonds. The van der Waals surface area contributed by atoms with Crippen molar-refractivity contribution in [2.45, 2.75) is 71.3 Å². The van der Waals surface area contributed by atoms with Gasteiger partial charge in [0.05, 0.1) is 6.04 Å². The maximum absolute atomic E-state index is 10.7. The first-order valence-electron chi connectivity index (χ1n) is 8.78. The molecule has 2 fully saturated rings. The summed E-state index contributed by atoms with van der Waals surface area (Å²) in [6, 6.07) is 4.66. The number of aryl methyl sites for hydroxylation is 1. The molecule has 0 aliphatic heterocycles. The van der Waals surface area contributed by atoms with E-state index in [-0.39, 0.29) is 5.41 Å². The second-order valence-corrected chi connectivity index (χ2v) is 8.01. The van der Waals surface area contributed by atoms with E-state index in [9.17, 15) is 5.11 Å². The van der Waals surface area contributed by atoms with Crippen molar-refractivity contribution in [3.63, 3.8) is 0 Å². The summed E-state index contributed by atoms with van der Waals surface area (Å²) in [5, 5.41) is 10.7. The molecule has 2 aliphatic rings. The highest BCUT2D eigenvalue weighted by Gasteiger charge is 2.39. The molecule has 3 atom stereocenters.